The molecule has 0 bridgehead atoms. The number of carbonyl (C=O) groups excluding carboxylic acids is 2. The fraction of sp³-hybridized carbons (Fsp3) is 0.200. The number of para-hydroxylation sites is 1. The summed E-state index contributed by atoms with van der Waals surface area (Å²) in [6.45, 7) is 2.44. The number of rotatable bonds is 5. The number of hydrogen-bond acceptors (Lipinski definition) is 6. The van der Waals surface area contributed by atoms with Crippen LogP contribution in [0.5, 0.6) is 0 Å². The predicted octanol–water partition coefficient (Wildman–Crippen LogP) is 3.60. The Morgan fingerprint density at radius 3 is 2.66 bits per heavy atom. The van der Waals surface area contributed by atoms with Crippen LogP contribution in [0.1, 0.15) is 15.9 Å². The van der Waals surface area contributed by atoms with E-state index in [-0.39, 0.29) is 23.9 Å². The first-order chi connectivity index (χ1) is 16.9. The molecule has 0 atom stereocenters. The maximum atomic E-state index is 13.3. The molecule has 0 spiro atoms. The van der Waals surface area contributed by atoms with Crippen LogP contribution >= 0.6 is 24.0 Å². The molecule has 2 saturated heterocycles. The zero-order valence-electron chi connectivity index (χ0n) is 18.5. The number of carboxylic acids is 1. The van der Waals surface area contributed by atoms with Crippen molar-refractivity contribution in [2.45, 2.75) is 6.54 Å². The van der Waals surface area contributed by atoms with Crippen LogP contribution in [0.25, 0.3) is 17.0 Å². The van der Waals surface area contributed by atoms with Crippen molar-refractivity contribution in [1.82, 2.24) is 9.47 Å². The molecule has 10 heteroatoms. The van der Waals surface area contributed by atoms with Gasteiger partial charge in [-0.05, 0) is 30.3 Å². The molecule has 2 amide bonds. The van der Waals surface area contributed by atoms with Gasteiger partial charge in [0.15, 0.2) is 4.32 Å². The van der Waals surface area contributed by atoms with Crippen LogP contribution in [0.2, 0.25) is 0 Å². The third-order valence-electron chi connectivity index (χ3n) is 5.92. The lowest BCUT2D eigenvalue weighted by Crippen LogP contribution is -2.42. The minimum atomic E-state index is -1.08. The lowest BCUT2D eigenvalue weighted by Gasteiger charge is -2.27. The molecule has 3 heterocycles. The summed E-state index contributed by atoms with van der Waals surface area (Å²) >= 11 is 6.61. The Kier molecular flexibility index (Phi) is 6.42. The number of morpholine rings is 1. The van der Waals surface area contributed by atoms with E-state index in [1.54, 1.807) is 23.1 Å². The van der Waals surface area contributed by atoms with Crippen molar-refractivity contribution >= 4 is 68.8 Å². The lowest BCUT2D eigenvalue weighted by atomic mass is 10.1. The van der Waals surface area contributed by atoms with Crippen molar-refractivity contribution in [3.05, 3.63) is 70.8 Å². The van der Waals surface area contributed by atoms with Gasteiger partial charge in [0.25, 0.3) is 5.91 Å². The fourth-order valence-corrected chi connectivity index (χ4v) is 5.48. The number of carbonyl (C=O) groups is 3. The van der Waals surface area contributed by atoms with Crippen LogP contribution in [0.15, 0.2) is 59.6 Å². The number of fused-ring (bicyclic) bond motifs is 1. The van der Waals surface area contributed by atoms with Gasteiger partial charge in [0.2, 0.25) is 5.91 Å². The molecule has 2 aliphatic heterocycles. The summed E-state index contributed by atoms with van der Waals surface area (Å²) < 4.78 is 7.57. The quantitative estimate of drug-likeness (QED) is 0.417. The number of thiocarbonyl (C=S) groups is 1. The average Bonchev–Trinajstić information content (AvgIpc) is 3.35. The van der Waals surface area contributed by atoms with Gasteiger partial charge in [-0.15, -0.1) is 0 Å². The predicted molar refractivity (Wildman–Crippen MR) is 138 cm³/mol. The van der Waals surface area contributed by atoms with Gasteiger partial charge >= 0.3 is 5.97 Å². The Bertz CT molecular complexity index is 1390. The van der Waals surface area contributed by atoms with Crippen molar-refractivity contribution in [2.75, 3.05) is 31.2 Å². The SMILES string of the molecule is O=C(O)c1cccc(N2C(=O)/C(=C/c3cn(CC(=O)N4CCOCC4)c4ccccc34)SC2=S)c1. The number of benzene rings is 2. The number of aromatic nitrogens is 1. The van der Waals surface area contributed by atoms with E-state index in [4.69, 9.17) is 17.0 Å². The van der Waals surface area contributed by atoms with Gasteiger partial charge in [-0.1, -0.05) is 48.2 Å². The van der Waals surface area contributed by atoms with Crippen LogP contribution in [0.3, 0.4) is 0 Å². The monoisotopic (exact) mass is 507 g/mol. The first-order valence-electron chi connectivity index (χ1n) is 11.0. The summed E-state index contributed by atoms with van der Waals surface area (Å²) in [5.41, 5.74) is 2.18. The maximum Gasteiger partial charge on any atom is 0.335 e. The van der Waals surface area contributed by atoms with Gasteiger partial charge in [-0.25, -0.2) is 4.79 Å². The number of aromatic carboxylic acids is 1. The minimum Gasteiger partial charge on any atom is -0.478 e. The average molecular weight is 508 g/mol. The van der Waals surface area contributed by atoms with Crippen molar-refractivity contribution < 1.29 is 24.2 Å². The highest BCUT2D eigenvalue weighted by Gasteiger charge is 2.34. The van der Waals surface area contributed by atoms with Crippen LogP contribution in [0, 0.1) is 0 Å². The Hall–Kier alpha value is -3.47. The van der Waals surface area contributed by atoms with E-state index in [2.05, 4.69) is 0 Å². The molecule has 8 nitrogen and oxygen atoms in total. The maximum absolute atomic E-state index is 13.3. The zero-order valence-corrected chi connectivity index (χ0v) is 20.2. The standard InChI is InChI=1S/C25H21N3O5S2/c29-22(26-8-10-33-11-9-26)15-27-14-17(19-6-1-2-7-20(19)27)13-21-23(30)28(25(34)35-21)18-5-3-4-16(12-18)24(31)32/h1-7,12-14H,8-11,15H2,(H,31,32)/b21-13-. The molecule has 2 aliphatic rings. The molecule has 0 radical (unpaired) electrons. The summed E-state index contributed by atoms with van der Waals surface area (Å²) in [5.74, 6) is -1.37. The van der Waals surface area contributed by atoms with Gasteiger partial charge in [0.05, 0.1) is 29.4 Å². The van der Waals surface area contributed by atoms with Crippen LogP contribution in [0.4, 0.5) is 5.69 Å². The molecule has 1 aromatic heterocycles. The van der Waals surface area contributed by atoms with Crippen LogP contribution in [-0.4, -0.2) is 63.0 Å². The Morgan fingerprint density at radius 1 is 1.11 bits per heavy atom. The van der Waals surface area contributed by atoms with Gasteiger partial charge in [-0.3, -0.25) is 14.5 Å². The third-order valence-corrected chi connectivity index (χ3v) is 7.22. The second-order valence-corrected chi connectivity index (χ2v) is 9.77. The Morgan fingerprint density at radius 2 is 1.89 bits per heavy atom. The number of anilines is 1. The smallest absolute Gasteiger partial charge is 0.335 e. The molecular formula is C25H21N3O5S2. The van der Waals surface area contributed by atoms with E-state index in [0.717, 1.165) is 28.2 Å². The van der Waals surface area contributed by atoms with E-state index < -0.39 is 5.97 Å². The van der Waals surface area contributed by atoms with Gasteiger partial charge in [-0.2, -0.15) is 0 Å². The molecule has 0 aliphatic carbocycles. The first kappa shape index (κ1) is 23.3. The molecule has 2 aromatic carbocycles. The van der Waals surface area contributed by atoms with E-state index in [0.29, 0.717) is 41.2 Å². The van der Waals surface area contributed by atoms with Gasteiger partial charge in [0.1, 0.15) is 6.54 Å². The molecular weight excluding hydrogens is 486 g/mol. The highest BCUT2D eigenvalue weighted by atomic mass is 32.2. The molecule has 3 aromatic rings. The van der Waals surface area contributed by atoms with Gasteiger partial charge < -0.3 is 19.3 Å². The number of ether oxygens (including phenoxy) is 1. The van der Waals surface area contributed by atoms with Crippen LogP contribution in [-0.2, 0) is 20.9 Å². The van der Waals surface area contributed by atoms with Crippen molar-refractivity contribution in [1.29, 1.82) is 0 Å². The molecule has 2 fully saturated rings. The largest absolute Gasteiger partial charge is 0.478 e. The topological polar surface area (TPSA) is 92.1 Å². The second-order valence-electron chi connectivity index (χ2n) is 8.10. The highest BCUT2D eigenvalue weighted by Crippen LogP contribution is 2.37. The fourth-order valence-electron chi connectivity index (χ4n) is 4.19. The lowest BCUT2D eigenvalue weighted by molar-refractivity contribution is -0.135. The van der Waals surface area contributed by atoms with Crippen molar-refractivity contribution in [2.24, 2.45) is 0 Å². The van der Waals surface area contributed by atoms with E-state index in [1.165, 1.54) is 17.0 Å². The summed E-state index contributed by atoms with van der Waals surface area (Å²) in [6.07, 6.45) is 3.65. The van der Waals surface area contributed by atoms with Gasteiger partial charge in [0, 0.05) is 35.8 Å². The van der Waals surface area contributed by atoms with Crippen molar-refractivity contribution in [3.8, 4) is 0 Å². The number of hydrogen-bond donors (Lipinski definition) is 1. The first-order valence-corrected chi connectivity index (χ1v) is 12.2. The summed E-state index contributed by atoms with van der Waals surface area (Å²) in [4.78, 5) is 41.0. The number of nitrogens with zero attached hydrogens (tertiary/aromatic N) is 3. The third kappa shape index (κ3) is 4.60. The molecule has 35 heavy (non-hydrogen) atoms. The number of thioether (sulfide) groups is 1. The summed E-state index contributed by atoms with van der Waals surface area (Å²) in [7, 11) is 0. The summed E-state index contributed by atoms with van der Waals surface area (Å²) in [5, 5.41) is 10.2. The van der Waals surface area contributed by atoms with E-state index in [1.807, 2.05) is 35.0 Å². The van der Waals surface area contributed by atoms with E-state index in [9.17, 15) is 19.5 Å². The Balaban J connectivity index is 1.45. The second kappa shape index (κ2) is 9.65. The number of amides is 2. The Labute approximate surface area is 210 Å². The molecule has 178 valence electrons. The molecule has 5 rings (SSSR count). The zero-order chi connectivity index (χ0) is 24.5. The molecule has 1 N–H and O–H groups in total. The minimum absolute atomic E-state index is 0.0187. The number of carboxylic acid groups (broad SMARTS) is 1. The normalized spacial score (nSPS) is 17.5. The molecule has 0 unspecified atom stereocenters. The molecule has 0 saturated carbocycles. The summed E-state index contributed by atoms with van der Waals surface area (Å²) in [6, 6.07) is 13.9. The highest BCUT2D eigenvalue weighted by molar-refractivity contribution is 8.27. The van der Waals surface area contributed by atoms with Crippen molar-refractivity contribution in [3.63, 3.8) is 0 Å². The van der Waals surface area contributed by atoms with Crippen LogP contribution < -0.4 is 4.90 Å². The van der Waals surface area contributed by atoms with E-state index >= 15 is 0 Å².